The average molecular weight is 356 g/mol. The van der Waals surface area contributed by atoms with Crippen LogP contribution in [0.2, 0.25) is 10.0 Å². The summed E-state index contributed by atoms with van der Waals surface area (Å²) in [5.74, 6) is -1.93. The summed E-state index contributed by atoms with van der Waals surface area (Å²) in [5, 5.41) is 31.7. The molecule has 0 heterocycles. The van der Waals surface area contributed by atoms with Crippen molar-refractivity contribution in [3.05, 3.63) is 73.8 Å². The maximum atomic E-state index is 10.6. The molecule has 5 nitrogen and oxygen atoms in total. The molecule has 0 radical (unpaired) electrons. The fourth-order valence-corrected chi connectivity index (χ4v) is 2.66. The lowest BCUT2D eigenvalue weighted by Crippen LogP contribution is -2.31. The van der Waals surface area contributed by atoms with E-state index in [4.69, 9.17) is 23.2 Å². The van der Waals surface area contributed by atoms with Crippen LogP contribution in [0.1, 0.15) is 17.5 Å². The Bertz CT molecular complexity index is 702. The summed E-state index contributed by atoms with van der Waals surface area (Å²) in [6.45, 7) is 0. The van der Waals surface area contributed by atoms with Crippen molar-refractivity contribution in [3.8, 4) is 0 Å². The van der Waals surface area contributed by atoms with Crippen LogP contribution in [0.5, 0.6) is 0 Å². The maximum absolute atomic E-state index is 10.6. The zero-order chi connectivity index (χ0) is 17.0. The van der Waals surface area contributed by atoms with Gasteiger partial charge in [-0.25, -0.2) is 0 Å². The van der Waals surface area contributed by atoms with Gasteiger partial charge in [-0.2, -0.15) is 0 Å². The number of hydrogen-bond donors (Lipinski definition) is 2. The van der Waals surface area contributed by atoms with Crippen LogP contribution >= 0.6 is 23.2 Å². The minimum atomic E-state index is -1.93. The van der Waals surface area contributed by atoms with Crippen molar-refractivity contribution in [1.29, 1.82) is 0 Å². The molecule has 2 aromatic rings. The molecule has 0 unspecified atom stereocenters. The first-order valence-corrected chi connectivity index (χ1v) is 7.64. The molecule has 0 aromatic heterocycles. The van der Waals surface area contributed by atoms with E-state index in [0.717, 1.165) is 5.56 Å². The van der Waals surface area contributed by atoms with Gasteiger partial charge in [0, 0.05) is 35.0 Å². The molecule has 0 saturated carbocycles. The Morgan fingerprint density at radius 3 is 2.30 bits per heavy atom. The van der Waals surface area contributed by atoms with Crippen LogP contribution in [-0.2, 0) is 12.8 Å². The summed E-state index contributed by atoms with van der Waals surface area (Å²) in [5.41, 5.74) is 1.37. The zero-order valence-electron chi connectivity index (χ0n) is 12.1. The zero-order valence-corrected chi connectivity index (χ0v) is 13.6. The Labute approximate surface area is 143 Å². The number of aryl methyl sites for hydroxylation is 1. The van der Waals surface area contributed by atoms with Crippen molar-refractivity contribution >= 4 is 28.9 Å². The molecule has 0 aliphatic rings. The third-order valence-electron chi connectivity index (χ3n) is 3.45. The highest BCUT2D eigenvalue weighted by Gasteiger charge is 2.24. The van der Waals surface area contributed by atoms with Gasteiger partial charge in [-0.05, 0) is 29.7 Å². The molecule has 23 heavy (non-hydrogen) atoms. The van der Waals surface area contributed by atoms with Crippen LogP contribution < -0.4 is 0 Å². The smallest absolute Gasteiger partial charge is 0.269 e. The fourth-order valence-electron chi connectivity index (χ4n) is 2.19. The number of benzene rings is 2. The first kappa shape index (κ1) is 17.7. The molecule has 0 amide bonds. The van der Waals surface area contributed by atoms with Crippen LogP contribution in [0, 0.1) is 10.1 Å². The first-order valence-electron chi connectivity index (χ1n) is 6.89. The van der Waals surface area contributed by atoms with E-state index in [0.29, 0.717) is 22.0 Å². The molecule has 0 atom stereocenters. The number of nitro groups is 1. The highest BCUT2D eigenvalue weighted by molar-refractivity contribution is 6.35. The average Bonchev–Trinajstić information content (AvgIpc) is 2.48. The molecular formula is C16H15Cl2NO4. The number of rotatable bonds is 6. The quantitative estimate of drug-likeness (QED) is 0.469. The van der Waals surface area contributed by atoms with Gasteiger partial charge >= 0.3 is 0 Å². The van der Waals surface area contributed by atoms with Crippen molar-refractivity contribution in [2.45, 2.75) is 25.0 Å². The summed E-state index contributed by atoms with van der Waals surface area (Å²) >= 11 is 11.8. The highest BCUT2D eigenvalue weighted by atomic mass is 35.5. The molecule has 2 rings (SSSR count). The van der Waals surface area contributed by atoms with Gasteiger partial charge in [0.15, 0.2) is 5.79 Å². The van der Waals surface area contributed by atoms with Crippen LogP contribution in [0.3, 0.4) is 0 Å². The molecule has 2 aromatic carbocycles. The summed E-state index contributed by atoms with van der Waals surface area (Å²) in [6, 6.07) is 10.8. The predicted octanol–water partition coefficient (Wildman–Crippen LogP) is 3.76. The lowest BCUT2D eigenvalue weighted by molar-refractivity contribution is -0.384. The van der Waals surface area contributed by atoms with Crippen molar-refractivity contribution in [2.24, 2.45) is 0 Å². The largest absolute Gasteiger partial charge is 0.365 e. The van der Waals surface area contributed by atoms with Crippen LogP contribution in [0.4, 0.5) is 5.69 Å². The van der Waals surface area contributed by atoms with Gasteiger partial charge in [0.25, 0.3) is 5.69 Å². The Kier molecular flexibility index (Phi) is 5.59. The summed E-state index contributed by atoms with van der Waals surface area (Å²) in [4.78, 5) is 10.1. The topological polar surface area (TPSA) is 83.6 Å². The summed E-state index contributed by atoms with van der Waals surface area (Å²) < 4.78 is 0. The van der Waals surface area contributed by atoms with E-state index in [1.165, 1.54) is 12.1 Å². The van der Waals surface area contributed by atoms with E-state index in [1.807, 2.05) is 0 Å². The number of nitrogens with zero attached hydrogens (tertiary/aromatic N) is 1. The monoisotopic (exact) mass is 355 g/mol. The van der Waals surface area contributed by atoms with E-state index in [9.17, 15) is 20.3 Å². The second-order valence-corrected chi connectivity index (χ2v) is 6.16. The second kappa shape index (κ2) is 7.27. The van der Waals surface area contributed by atoms with Gasteiger partial charge in [0.05, 0.1) is 4.92 Å². The Morgan fingerprint density at radius 1 is 1.09 bits per heavy atom. The molecule has 7 heteroatoms. The van der Waals surface area contributed by atoms with Crippen molar-refractivity contribution in [1.82, 2.24) is 0 Å². The SMILES string of the molecule is O=[N+]([O-])c1ccc(CCC(O)(O)Cc2ccc(Cl)cc2Cl)cc1. The Morgan fingerprint density at radius 2 is 1.74 bits per heavy atom. The molecule has 122 valence electrons. The van der Waals surface area contributed by atoms with E-state index in [-0.39, 0.29) is 18.5 Å². The highest BCUT2D eigenvalue weighted by Crippen LogP contribution is 2.26. The van der Waals surface area contributed by atoms with E-state index in [1.54, 1.807) is 30.3 Å². The predicted molar refractivity (Wildman–Crippen MR) is 88.8 cm³/mol. The van der Waals surface area contributed by atoms with Crippen LogP contribution in [0.25, 0.3) is 0 Å². The number of aliphatic hydroxyl groups is 2. The van der Waals surface area contributed by atoms with E-state index < -0.39 is 10.7 Å². The number of nitro benzene ring substituents is 1. The standard InChI is InChI=1S/C16H15Cl2NO4/c17-13-4-3-12(15(18)9-13)10-16(20,21)8-7-11-1-5-14(6-2-11)19(22)23/h1-6,9,20-21H,7-8,10H2. The number of non-ortho nitro benzene ring substituents is 1. The third kappa shape index (κ3) is 5.18. The molecule has 2 N–H and O–H groups in total. The minimum Gasteiger partial charge on any atom is -0.365 e. The van der Waals surface area contributed by atoms with Gasteiger partial charge in [-0.1, -0.05) is 41.4 Å². The molecule has 0 bridgehead atoms. The molecule has 0 spiro atoms. The van der Waals surface area contributed by atoms with Gasteiger partial charge in [0.2, 0.25) is 0 Å². The first-order chi connectivity index (χ1) is 10.8. The van der Waals surface area contributed by atoms with E-state index in [2.05, 4.69) is 0 Å². The molecular weight excluding hydrogens is 341 g/mol. The maximum Gasteiger partial charge on any atom is 0.269 e. The second-order valence-electron chi connectivity index (χ2n) is 5.32. The van der Waals surface area contributed by atoms with Crippen LogP contribution in [-0.4, -0.2) is 20.9 Å². The van der Waals surface area contributed by atoms with Crippen molar-refractivity contribution < 1.29 is 15.1 Å². The van der Waals surface area contributed by atoms with Gasteiger partial charge in [-0.15, -0.1) is 0 Å². The summed E-state index contributed by atoms with van der Waals surface area (Å²) in [7, 11) is 0. The molecule has 0 saturated heterocycles. The fraction of sp³-hybridized carbons (Fsp3) is 0.250. The Balaban J connectivity index is 1.99. The molecule has 0 aliphatic heterocycles. The number of halogens is 2. The number of hydrogen-bond acceptors (Lipinski definition) is 4. The van der Waals surface area contributed by atoms with Gasteiger partial charge in [0.1, 0.15) is 0 Å². The minimum absolute atomic E-state index is 0.000885. The lowest BCUT2D eigenvalue weighted by Gasteiger charge is -2.22. The van der Waals surface area contributed by atoms with Gasteiger partial charge < -0.3 is 10.2 Å². The van der Waals surface area contributed by atoms with Crippen molar-refractivity contribution in [3.63, 3.8) is 0 Å². The van der Waals surface area contributed by atoms with E-state index >= 15 is 0 Å². The van der Waals surface area contributed by atoms with Crippen LogP contribution in [0.15, 0.2) is 42.5 Å². The molecule has 0 fully saturated rings. The summed E-state index contributed by atoms with van der Waals surface area (Å²) in [6.07, 6.45) is 0.413. The normalized spacial score (nSPS) is 11.5. The Hall–Kier alpha value is -1.66. The third-order valence-corrected chi connectivity index (χ3v) is 4.04. The lowest BCUT2D eigenvalue weighted by atomic mass is 9.98. The molecule has 0 aliphatic carbocycles. The van der Waals surface area contributed by atoms with Gasteiger partial charge in [-0.3, -0.25) is 10.1 Å². The van der Waals surface area contributed by atoms with Crippen molar-refractivity contribution in [2.75, 3.05) is 0 Å².